The van der Waals surface area contributed by atoms with Gasteiger partial charge in [0.15, 0.2) is 6.61 Å². The Morgan fingerprint density at radius 2 is 1.76 bits per heavy atom. The molecule has 0 unspecified atom stereocenters. The molecule has 1 aliphatic heterocycles. The zero-order chi connectivity index (χ0) is 17.4. The summed E-state index contributed by atoms with van der Waals surface area (Å²) in [4.78, 5) is 27.0. The van der Waals surface area contributed by atoms with Crippen molar-refractivity contribution in [3.8, 4) is 0 Å². The number of hydrogen-bond donors (Lipinski definition) is 0. The quantitative estimate of drug-likeness (QED) is 0.806. The lowest BCUT2D eigenvalue weighted by molar-refractivity contribution is -0.150. The molecule has 0 aromatic heterocycles. The lowest BCUT2D eigenvalue weighted by Gasteiger charge is -2.23. The topological polar surface area (TPSA) is 46.6 Å². The molecule has 1 heterocycles. The zero-order valence-electron chi connectivity index (χ0n) is 14.3. The van der Waals surface area contributed by atoms with Gasteiger partial charge in [0, 0.05) is 11.7 Å². The molecule has 1 fully saturated rings. The first-order valence-corrected chi connectivity index (χ1v) is 8.74. The maximum absolute atomic E-state index is 12.7. The molecule has 1 amide bonds. The Bertz CT molecular complexity index is 811. The molecule has 2 aromatic rings. The van der Waals surface area contributed by atoms with Crippen LogP contribution in [0.15, 0.2) is 54.6 Å². The average molecular weight is 335 g/mol. The lowest BCUT2D eigenvalue weighted by Crippen LogP contribution is -2.39. The fraction of sp³-hybridized carbons (Fsp3) is 0.333. The van der Waals surface area contributed by atoms with Gasteiger partial charge in [0.05, 0.1) is 5.41 Å². The minimum Gasteiger partial charge on any atom is -0.455 e. The van der Waals surface area contributed by atoms with E-state index in [-0.39, 0.29) is 24.5 Å². The van der Waals surface area contributed by atoms with Crippen LogP contribution in [-0.2, 0) is 26.2 Å². The Morgan fingerprint density at radius 1 is 1.08 bits per heavy atom. The monoisotopic (exact) mass is 335 g/mol. The molecule has 1 aliphatic carbocycles. The zero-order valence-corrected chi connectivity index (χ0v) is 14.3. The number of rotatable bonds is 4. The molecule has 128 valence electrons. The highest BCUT2D eigenvalue weighted by Crippen LogP contribution is 2.49. The van der Waals surface area contributed by atoms with Gasteiger partial charge in [0.1, 0.15) is 0 Å². The Kier molecular flexibility index (Phi) is 3.83. The summed E-state index contributed by atoms with van der Waals surface area (Å²) in [6, 6.07) is 17.7. The summed E-state index contributed by atoms with van der Waals surface area (Å²) >= 11 is 0. The van der Waals surface area contributed by atoms with Gasteiger partial charge in [-0.15, -0.1) is 0 Å². The minimum absolute atomic E-state index is 0.0904. The normalized spacial score (nSPS) is 20.0. The molecule has 4 nitrogen and oxygen atoms in total. The van der Waals surface area contributed by atoms with Crippen LogP contribution in [0, 0.1) is 0 Å². The predicted molar refractivity (Wildman–Crippen MR) is 95.4 cm³/mol. The summed E-state index contributed by atoms with van der Waals surface area (Å²) in [5.74, 6) is -0.443. The first kappa shape index (κ1) is 15.9. The van der Waals surface area contributed by atoms with Crippen LogP contribution in [0.5, 0.6) is 0 Å². The molecular weight excluding hydrogens is 314 g/mol. The summed E-state index contributed by atoms with van der Waals surface area (Å²) in [6.45, 7) is 1.82. The fourth-order valence-corrected chi connectivity index (χ4v) is 3.77. The predicted octanol–water partition coefficient (Wildman–Crippen LogP) is 3.24. The Hall–Kier alpha value is -2.62. The van der Waals surface area contributed by atoms with Crippen LogP contribution in [0.1, 0.15) is 30.9 Å². The second-order valence-electron chi connectivity index (χ2n) is 6.97. The summed E-state index contributed by atoms with van der Waals surface area (Å²) in [6.07, 6.45) is 2.41. The largest absolute Gasteiger partial charge is 0.455 e. The maximum atomic E-state index is 12.7. The van der Waals surface area contributed by atoms with Gasteiger partial charge in [-0.05, 0) is 43.4 Å². The van der Waals surface area contributed by atoms with Gasteiger partial charge in [-0.2, -0.15) is 0 Å². The SMILES string of the molecule is C[C@@H]1Cc2ccccc2N1C(=O)COC(=O)C1(c2ccccc2)CC1. The number of carbonyl (C=O) groups excluding carboxylic acids is 2. The number of carbonyl (C=O) groups is 2. The fourth-order valence-electron chi connectivity index (χ4n) is 3.77. The van der Waals surface area contributed by atoms with Gasteiger partial charge < -0.3 is 9.64 Å². The number of benzene rings is 2. The Balaban J connectivity index is 1.44. The number of hydrogen-bond acceptors (Lipinski definition) is 3. The second-order valence-corrected chi connectivity index (χ2v) is 6.97. The van der Waals surface area contributed by atoms with Gasteiger partial charge in [-0.3, -0.25) is 9.59 Å². The molecule has 4 heteroatoms. The summed E-state index contributed by atoms with van der Waals surface area (Å²) in [7, 11) is 0. The van der Waals surface area contributed by atoms with Gasteiger partial charge in [-0.1, -0.05) is 48.5 Å². The average Bonchev–Trinajstić information content (AvgIpc) is 3.37. The smallest absolute Gasteiger partial charge is 0.317 e. The van der Waals surface area contributed by atoms with E-state index in [1.54, 1.807) is 4.90 Å². The van der Waals surface area contributed by atoms with Gasteiger partial charge in [-0.25, -0.2) is 0 Å². The van der Waals surface area contributed by atoms with Crippen molar-refractivity contribution in [3.05, 3.63) is 65.7 Å². The summed E-state index contributed by atoms with van der Waals surface area (Å²) in [5.41, 5.74) is 2.53. The van der Waals surface area contributed by atoms with Gasteiger partial charge in [0.25, 0.3) is 5.91 Å². The van der Waals surface area contributed by atoms with E-state index in [0.29, 0.717) is 0 Å². The van der Waals surface area contributed by atoms with Crippen LogP contribution in [-0.4, -0.2) is 24.5 Å². The van der Waals surface area contributed by atoms with Crippen LogP contribution < -0.4 is 4.90 Å². The molecule has 0 bridgehead atoms. The number of fused-ring (bicyclic) bond motifs is 1. The number of amides is 1. The third kappa shape index (κ3) is 2.72. The molecule has 2 aromatic carbocycles. The van der Waals surface area contributed by atoms with Gasteiger partial charge >= 0.3 is 5.97 Å². The van der Waals surface area contributed by atoms with E-state index >= 15 is 0 Å². The van der Waals surface area contributed by atoms with Crippen molar-refractivity contribution in [2.75, 3.05) is 11.5 Å². The molecule has 0 saturated heterocycles. The highest BCUT2D eigenvalue weighted by Gasteiger charge is 2.53. The molecule has 4 rings (SSSR count). The van der Waals surface area contributed by atoms with E-state index in [1.807, 2.05) is 61.5 Å². The third-order valence-electron chi connectivity index (χ3n) is 5.27. The Morgan fingerprint density at radius 3 is 2.48 bits per heavy atom. The van der Waals surface area contributed by atoms with Crippen molar-refractivity contribution < 1.29 is 14.3 Å². The highest BCUT2D eigenvalue weighted by atomic mass is 16.5. The molecule has 0 radical (unpaired) electrons. The molecule has 25 heavy (non-hydrogen) atoms. The summed E-state index contributed by atoms with van der Waals surface area (Å²) < 4.78 is 5.43. The van der Waals surface area contributed by atoms with Crippen LogP contribution in [0.25, 0.3) is 0 Å². The van der Waals surface area contributed by atoms with Crippen molar-refractivity contribution in [2.45, 2.75) is 37.6 Å². The van der Waals surface area contributed by atoms with Gasteiger partial charge in [0.2, 0.25) is 0 Å². The Labute approximate surface area is 147 Å². The minimum atomic E-state index is -0.546. The van der Waals surface area contributed by atoms with E-state index in [4.69, 9.17) is 4.74 Å². The molecule has 1 saturated carbocycles. The molecule has 2 aliphatic rings. The van der Waals surface area contributed by atoms with Crippen molar-refractivity contribution in [2.24, 2.45) is 0 Å². The van der Waals surface area contributed by atoms with E-state index in [2.05, 4.69) is 0 Å². The maximum Gasteiger partial charge on any atom is 0.317 e. The number of ether oxygens (including phenoxy) is 1. The molecular formula is C21H21NO3. The number of para-hydroxylation sites is 1. The molecule has 0 spiro atoms. The van der Waals surface area contributed by atoms with Crippen LogP contribution in [0.4, 0.5) is 5.69 Å². The van der Waals surface area contributed by atoms with Crippen LogP contribution in [0.3, 0.4) is 0 Å². The van der Waals surface area contributed by atoms with Crippen molar-refractivity contribution in [1.29, 1.82) is 0 Å². The highest BCUT2D eigenvalue weighted by molar-refractivity contribution is 5.98. The standard InChI is InChI=1S/C21H21NO3/c1-15-13-16-7-5-6-10-18(16)22(15)19(23)14-25-20(24)21(11-12-21)17-8-3-2-4-9-17/h2-10,15H,11-14H2,1H3/t15-/m1/s1. The van der Waals surface area contributed by atoms with Crippen LogP contribution in [0.2, 0.25) is 0 Å². The van der Waals surface area contributed by atoms with E-state index in [0.717, 1.165) is 36.1 Å². The van der Waals surface area contributed by atoms with E-state index in [9.17, 15) is 9.59 Å². The first-order chi connectivity index (χ1) is 12.1. The second kappa shape index (κ2) is 6.03. The lowest BCUT2D eigenvalue weighted by atomic mass is 9.96. The third-order valence-corrected chi connectivity index (χ3v) is 5.27. The number of esters is 1. The molecule has 1 atom stereocenters. The molecule has 0 N–H and O–H groups in total. The number of nitrogens with zero attached hydrogens (tertiary/aromatic N) is 1. The van der Waals surface area contributed by atoms with Crippen molar-refractivity contribution in [1.82, 2.24) is 0 Å². The van der Waals surface area contributed by atoms with E-state index in [1.165, 1.54) is 0 Å². The van der Waals surface area contributed by atoms with Crippen molar-refractivity contribution >= 4 is 17.6 Å². The number of anilines is 1. The van der Waals surface area contributed by atoms with Crippen molar-refractivity contribution in [3.63, 3.8) is 0 Å². The first-order valence-electron chi connectivity index (χ1n) is 8.74. The van der Waals surface area contributed by atoms with Crippen LogP contribution >= 0.6 is 0 Å². The van der Waals surface area contributed by atoms with E-state index < -0.39 is 5.41 Å². The summed E-state index contributed by atoms with van der Waals surface area (Å²) in [5, 5.41) is 0.